The van der Waals surface area contributed by atoms with Crippen LogP contribution in [0.3, 0.4) is 0 Å². The number of hydrogen-bond acceptors (Lipinski definition) is 3. The van der Waals surface area contributed by atoms with Gasteiger partial charge in [-0.15, -0.1) is 0 Å². The largest absolute Gasteiger partial charge is 0.449 e. The number of esters is 1. The Kier molecular flexibility index (Phi) is 5.54. The molecular formula is C23H26N2O3. The molecule has 1 N–H and O–H groups in total. The van der Waals surface area contributed by atoms with Gasteiger partial charge in [-0.3, -0.25) is 4.79 Å². The number of hydrogen-bond donors (Lipinski definition) is 1. The molecule has 1 aromatic heterocycles. The van der Waals surface area contributed by atoms with E-state index in [1.807, 2.05) is 75.4 Å². The molecule has 0 unspecified atom stereocenters. The molecule has 1 atom stereocenters. The van der Waals surface area contributed by atoms with E-state index in [0.29, 0.717) is 12.1 Å². The third kappa shape index (κ3) is 4.25. The Labute approximate surface area is 165 Å². The fraction of sp³-hybridized carbons (Fsp3) is 0.304. The minimum absolute atomic E-state index is 0.218. The van der Waals surface area contributed by atoms with Gasteiger partial charge in [-0.05, 0) is 39.3 Å². The van der Waals surface area contributed by atoms with Crippen LogP contribution in [0, 0.1) is 0 Å². The van der Waals surface area contributed by atoms with Crippen molar-refractivity contribution in [1.82, 2.24) is 9.88 Å². The third-order valence-electron chi connectivity index (χ3n) is 4.70. The molecule has 5 heteroatoms. The zero-order chi connectivity index (χ0) is 20.3. The van der Waals surface area contributed by atoms with E-state index in [9.17, 15) is 9.59 Å². The van der Waals surface area contributed by atoms with E-state index in [2.05, 4.69) is 4.98 Å². The summed E-state index contributed by atoms with van der Waals surface area (Å²) >= 11 is 0. The van der Waals surface area contributed by atoms with Crippen LogP contribution in [-0.2, 0) is 16.1 Å². The van der Waals surface area contributed by atoms with Gasteiger partial charge in [0.05, 0.1) is 5.56 Å². The lowest BCUT2D eigenvalue weighted by Crippen LogP contribution is -2.49. The minimum Gasteiger partial charge on any atom is -0.449 e. The highest BCUT2D eigenvalue weighted by molar-refractivity contribution is 6.04. The Hall–Kier alpha value is -3.08. The van der Waals surface area contributed by atoms with Crippen LogP contribution >= 0.6 is 0 Å². The van der Waals surface area contributed by atoms with Crippen LogP contribution in [0.1, 0.15) is 43.6 Å². The first-order valence-electron chi connectivity index (χ1n) is 9.40. The molecular weight excluding hydrogens is 352 g/mol. The number of ether oxygens (including phenoxy) is 1. The summed E-state index contributed by atoms with van der Waals surface area (Å²) in [5.41, 5.74) is 1.91. The van der Waals surface area contributed by atoms with Crippen LogP contribution in [0.15, 0.2) is 60.8 Å². The number of fused-ring (bicyclic) bond motifs is 1. The van der Waals surface area contributed by atoms with Gasteiger partial charge >= 0.3 is 5.97 Å². The highest BCUT2D eigenvalue weighted by Gasteiger charge is 2.32. The Morgan fingerprint density at radius 3 is 2.36 bits per heavy atom. The number of para-hydroxylation sites is 1. The molecule has 3 aromatic rings. The third-order valence-corrected chi connectivity index (χ3v) is 4.70. The van der Waals surface area contributed by atoms with Crippen molar-refractivity contribution < 1.29 is 14.3 Å². The van der Waals surface area contributed by atoms with Crippen LogP contribution in [0.2, 0.25) is 0 Å². The van der Waals surface area contributed by atoms with E-state index in [0.717, 1.165) is 16.5 Å². The maximum absolute atomic E-state index is 13.1. The molecule has 146 valence electrons. The van der Waals surface area contributed by atoms with Crippen molar-refractivity contribution in [3.8, 4) is 0 Å². The van der Waals surface area contributed by atoms with Crippen LogP contribution in [0.25, 0.3) is 10.9 Å². The van der Waals surface area contributed by atoms with Gasteiger partial charge in [-0.2, -0.15) is 0 Å². The fourth-order valence-electron chi connectivity index (χ4n) is 3.15. The van der Waals surface area contributed by atoms with Gasteiger partial charge in [0.15, 0.2) is 6.10 Å². The van der Waals surface area contributed by atoms with Gasteiger partial charge in [0.2, 0.25) is 0 Å². The molecule has 28 heavy (non-hydrogen) atoms. The number of benzene rings is 2. The second kappa shape index (κ2) is 7.89. The Balaban J connectivity index is 1.76. The molecule has 5 nitrogen and oxygen atoms in total. The van der Waals surface area contributed by atoms with Crippen LogP contribution in [-0.4, -0.2) is 33.4 Å². The second-order valence-electron chi connectivity index (χ2n) is 7.88. The number of carbonyl (C=O) groups excluding carboxylic acids is 2. The molecule has 0 fully saturated rings. The Bertz CT molecular complexity index is 970. The normalized spacial score (nSPS) is 12.6. The summed E-state index contributed by atoms with van der Waals surface area (Å²) in [6.07, 6.45) is 0.736. The maximum Gasteiger partial charge on any atom is 0.341 e. The summed E-state index contributed by atoms with van der Waals surface area (Å²) in [7, 11) is 0. The minimum atomic E-state index is -0.885. The van der Waals surface area contributed by atoms with Gasteiger partial charge in [-0.25, -0.2) is 4.79 Å². The van der Waals surface area contributed by atoms with Gasteiger partial charge in [0, 0.05) is 29.2 Å². The quantitative estimate of drug-likeness (QED) is 0.663. The van der Waals surface area contributed by atoms with Crippen molar-refractivity contribution in [3.63, 3.8) is 0 Å². The van der Waals surface area contributed by atoms with E-state index in [1.165, 1.54) is 0 Å². The number of nitrogens with zero attached hydrogens (tertiary/aromatic N) is 1. The van der Waals surface area contributed by atoms with Crippen molar-refractivity contribution in [2.24, 2.45) is 0 Å². The molecule has 1 amide bonds. The Morgan fingerprint density at radius 1 is 1.04 bits per heavy atom. The summed E-state index contributed by atoms with van der Waals surface area (Å²) in [6, 6.07) is 17.3. The highest BCUT2D eigenvalue weighted by atomic mass is 16.5. The van der Waals surface area contributed by atoms with Gasteiger partial charge in [0.1, 0.15) is 0 Å². The van der Waals surface area contributed by atoms with Crippen LogP contribution in [0.4, 0.5) is 0 Å². The molecule has 3 rings (SSSR count). The zero-order valence-electron chi connectivity index (χ0n) is 16.7. The molecule has 0 saturated heterocycles. The number of aromatic nitrogens is 1. The van der Waals surface area contributed by atoms with E-state index in [1.54, 1.807) is 18.0 Å². The Morgan fingerprint density at radius 2 is 1.68 bits per heavy atom. The van der Waals surface area contributed by atoms with Crippen molar-refractivity contribution in [2.75, 3.05) is 0 Å². The topological polar surface area (TPSA) is 62.4 Å². The molecule has 0 radical (unpaired) electrons. The standard InChI is InChI=1S/C23H26N2O3/c1-16(28-22(27)19-14-24-20-13-9-8-12-18(19)20)21(26)25(23(2,3)4)15-17-10-6-5-7-11-17/h5-14,16,24H,15H2,1-4H3/t16-/m0/s1. The first kappa shape index (κ1) is 19.7. The smallest absolute Gasteiger partial charge is 0.341 e. The predicted molar refractivity (Wildman–Crippen MR) is 110 cm³/mol. The number of nitrogens with one attached hydrogen (secondary N) is 1. The first-order chi connectivity index (χ1) is 13.3. The average Bonchev–Trinajstić information content (AvgIpc) is 3.09. The molecule has 0 spiro atoms. The van der Waals surface area contributed by atoms with E-state index in [4.69, 9.17) is 4.74 Å². The van der Waals surface area contributed by atoms with Crippen LogP contribution in [0.5, 0.6) is 0 Å². The van der Waals surface area contributed by atoms with E-state index in [-0.39, 0.29) is 5.91 Å². The summed E-state index contributed by atoms with van der Waals surface area (Å²) in [6.45, 7) is 8.00. The number of aromatic amines is 1. The van der Waals surface area contributed by atoms with E-state index < -0.39 is 17.6 Å². The van der Waals surface area contributed by atoms with Gasteiger partial charge in [-0.1, -0.05) is 48.5 Å². The molecule has 2 aromatic carbocycles. The van der Waals surface area contributed by atoms with Gasteiger partial charge in [0.25, 0.3) is 5.91 Å². The summed E-state index contributed by atoms with van der Waals surface area (Å²) in [5, 5.41) is 0.782. The molecule has 0 aliphatic rings. The predicted octanol–water partition coefficient (Wildman–Crippen LogP) is 4.54. The van der Waals surface area contributed by atoms with E-state index >= 15 is 0 Å². The molecule has 0 aliphatic carbocycles. The number of amides is 1. The number of H-pyrrole nitrogens is 1. The van der Waals surface area contributed by atoms with Gasteiger partial charge < -0.3 is 14.6 Å². The molecule has 1 heterocycles. The molecule has 0 bridgehead atoms. The summed E-state index contributed by atoms with van der Waals surface area (Å²) in [4.78, 5) is 30.6. The van der Waals surface area contributed by atoms with Crippen molar-refractivity contribution >= 4 is 22.8 Å². The van der Waals surface area contributed by atoms with Crippen molar-refractivity contribution in [1.29, 1.82) is 0 Å². The van der Waals surface area contributed by atoms with Crippen molar-refractivity contribution in [2.45, 2.75) is 45.9 Å². The molecule has 0 aliphatic heterocycles. The summed E-state index contributed by atoms with van der Waals surface area (Å²) < 4.78 is 5.53. The summed E-state index contributed by atoms with van der Waals surface area (Å²) in [5.74, 6) is -0.726. The number of carbonyl (C=O) groups is 2. The lowest BCUT2D eigenvalue weighted by Gasteiger charge is -2.37. The second-order valence-corrected chi connectivity index (χ2v) is 7.88. The fourth-order valence-corrected chi connectivity index (χ4v) is 3.15. The highest BCUT2D eigenvalue weighted by Crippen LogP contribution is 2.22. The SMILES string of the molecule is C[C@H](OC(=O)c1c[nH]c2ccccc12)C(=O)N(Cc1ccccc1)C(C)(C)C. The lowest BCUT2D eigenvalue weighted by atomic mass is 10.0. The lowest BCUT2D eigenvalue weighted by molar-refractivity contribution is -0.145. The number of rotatable bonds is 5. The first-order valence-corrected chi connectivity index (χ1v) is 9.40. The molecule has 0 saturated carbocycles. The average molecular weight is 378 g/mol. The maximum atomic E-state index is 13.1. The monoisotopic (exact) mass is 378 g/mol. The van der Waals surface area contributed by atoms with Crippen LogP contribution < -0.4 is 0 Å². The van der Waals surface area contributed by atoms with Crippen molar-refractivity contribution in [3.05, 3.63) is 71.9 Å². The zero-order valence-corrected chi connectivity index (χ0v) is 16.7.